The summed E-state index contributed by atoms with van der Waals surface area (Å²) in [6.45, 7) is 3.71. The summed E-state index contributed by atoms with van der Waals surface area (Å²) >= 11 is 0. The summed E-state index contributed by atoms with van der Waals surface area (Å²) in [6, 6.07) is 7.50. The van der Waals surface area contributed by atoms with Crippen LogP contribution in [0.5, 0.6) is 5.75 Å². The highest BCUT2D eigenvalue weighted by atomic mass is 19.4. The number of rotatable bonds is 4. The molecule has 0 unspecified atom stereocenters. The highest BCUT2D eigenvalue weighted by Gasteiger charge is 2.44. The predicted molar refractivity (Wildman–Crippen MR) is 103 cm³/mol. The van der Waals surface area contributed by atoms with Gasteiger partial charge in [0.1, 0.15) is 5.82 Å². The number of benzene rings is 2. The van der Waals surface area contributed by atoms with Crippen molar-refractivity contribution < 1.29 is 26.7 Å². The fourth-order valence-corrected chi connectivity index (χ4v) is 4.29. The average Bonchev–Trinajstić information content (AvgIpc) is 3.03. The van der Waals surface area contributed by atoms with Crippen LogP contribution in [0.1, 0.15) is 29.8 Å². The lowest BCUT2D eigenvalue weighted by Crippen LogP contribution is -2.47. The molecule has 2 aromatic carbocycles. The fraction of sp³-hybridized carbons (Fsp3) is 0.318. The van der Waals surface area contributed by atoms with E-state index in [1.807, 2.05) is 12.1 Å². The molecule has 1 radical (unpaired) electrons. The van der Waals surface area contributed by atoms with Gasteiger partial charge in [0.05, 0.1) is 24.8 Å². The van der Waals surface area contributed by atoms with Crippen LogP contribution < -0.4 is 4.74 Å². The lowest BCUT2D eigenvalue weighted by molar-refractivity contribution is -0.155. The Morgan fingerprint density at radius 1 is 1.17 bits per heavy atom. The minimum absolute atomic E-state index is 0.104. The van der Waals surface area contributed by atoms with Crippen molar-refractivity contribution in [3.05, 3.63) is 71.8 Å². The number of para-hydroxylation sites is 1. The largest absolute Gasteiger partial charge is 0.491 e. The molecule has 159 valence electrons. The van der Waals surface area contributed by atoms with Crippen LogP contribution >= 0.6 is 0 Å². The number of aromatic amines is 1. The zero-order chi connectivity index (χ0) is 21.6. The average molecular weight is 423 g/mol. The van der Waals surface area contributed by atoms with E-state index in [1.54, 1.807) is 19.1 Å². The van der Waals surface area contributed by atoms with Gasteiger partial charge in [-0.2, -0.15) is 13.2 Å². The molecule has 30 heavy (non-hydrogen) atoms. The van der Waals surface area contributed by atoms with Crippen LogP contribution in [0.4, 0.5) is 22.0 Å². The minimum Gasteiger partial charge on any atom is -0.491 e. The second kappa shape index (κ2) is 7.58. The Morgan fingerprint density at radius 3 is 2.60 bits per heavy atom. The number of fused-ring (bicyclic) bond motifs is 3. The van der Waals surface area contributed by atoms with Crippen LogP contribution in [0, 0.1) is 18.6 Å². The molecule has 0 fully saturated rings. The second-order valence-corrected chi connectivity index (χ2v) is 7.43. The van der Waals surface area contributed by atoms with E-state index in [2.05, 4.69) is 11.9 Å². The Bertz CT molecular complexity index is 1080. The van der Waals surface area contributed by atoms with E-state index in [1.165, 1.54) is 0 Å². The summed E-state index contributed by atoms with van der Waals surface area (Å²) in [5, 5.41) is 0.835. The van der Waals surface area contributed by atoms with Gasteiger partial charge in [-0.05, 0) is 44.0 Å². The molecule has 2 heterocycles. The van der Waals surface area contributed by atoms with Crippen LogP contribution in [-0.4, -0.2) is 35.3 Å². The number of hydrogen-bond acceptors (Lipinski definition) is 2. The number of nitrogens with one attached hydrogen (secondary N) is 1. The van der Waals surface area contributed by atoms with Crippen molar-refractivity contribution in [3.63, 3.8) is 0 Å². The maximum Gasteiger partial charge on any atom is 0.401 e. The normalized spacial score (nSPS) is 19.8. The molecule has 0 spiro atoms. The maximum atomic E-state index is 15.3. The van der Waals surface area contributed by atoms with E-state index in [-0.39, 0.29) is 12.4 Å². The Labute approximate surface area is 170 Å². The molecule has 2 atom stereocenters. The van der Waals surface area contributed by atoms with Crippen molar-refractivity contribution in [2.24, 2.45) is 0 Å². The fourth-order valence-electron chi connectivity index (χ4n) is 4.29. The van der Waals surface area contributed by atoms with Crippen molar-refractivity contribution >= 4 is 10.9 Å². The van der Waals surface area contributed by atoms with Gasteiger partial charge in [-0.15, -0.1) is 0 Å². The number of ether oxygens (including phenoxy) is 1. The van der Waals surface area contributed by atoms with Crippen LogP contribution in [0.25, 0.3) is 10.9 Å². The Hall–Kier alpha value is -2.61. The molecule has 3 aromatic rings. The van der Waals surface area contributed by atoms with Gasteiger partial charge in [-0.3, -0.25) is 4.90 Å². The SMILES string of the molecule is [CH2]COc1ccc(F)c([C@@H]2c3[nH]c4ccccc4c3C[C@@H](C)N2CC(F)(F)F)c1F. The monoisotopic (exact) mass is 423 g/mol. The summed E-state index contributed by atoms with van der Waals surface area (Å²) in [5.74, 6) is -2.20. The third-order valence-electron chi connectivity index (χ3n) is 5.50. The molecule has 1 N–H and O–H groups in total. The lowest BCUT2D eigenvalue weighted by Gasteiger charge is -2.41. The van der Waals surface area contributed by atoms with Crippen LogP contribution in [-0.2, 0) is 6.42 Å². The van der Waals surface area contributed by atoms with Gasteiger partial charge >= 0.3 is 6.18 Å². The summed E-state index contributed by atoms with van der Waals surface area (Å²) in [7, 11) is 0. The molecule has 0 saturated heterocycles. The van der Waals surface area contributed by atoms with Gasteiger partial charge in [-0.25, -0.2) is 8.78 Å². The van der Waals surface area contributed by atoms with Crippen LogP contribution in [0.3, 0.4) is 0 Å². The molecular formula is C22H20F5N2O. The quantitative estimate of drug-likeness (QED) is 0.557. The lowest BCUT2D eigenvalue weighted by atomic mass is 9.88. The summed E-state index contributed by atoms with van der Waals surface area (Å²) in [4.78, 5) is 4.20. The van der Waals surface area contributed by atoms with Gasteiger partial charge in [0.25, 0.3) is 0 Å². The van der Waals surface area contributed by atoms with E-state index in [4.69, 9.17) is 4.74 Å². The van der Waals surface area contributed by atoms with Gasteiger partial charge in [-0.1, -0.05) is 18.2 Å². The Balaban J connectivity index is 1.97. The highest BCUT2D eigenvalue weighted by Crippen LogP contribution is 2.44. The molecule has 0 bridgehead atoms. The summed E-state index contributed by atoms with van der Waals surface area (Å²) in [5.41, 5.74) is 1.37. The van der Waals surface area contributed by atoms with Gasteiger partial charge < -0.3 is 9.72 Å². The first kappa shape index (κ1) is 20.7. The number of halogens is 5. The van der Waals surface area contributed by atoms with Crippen molar-refractivity contribution in [1.82, 2.24) is 9.88 Å². The molecular weight excluding hydrogens is 403 g/mol. The zero-order valence-corrected chi connectivity index (χ0v) is 16.2. The van der Waals surface area contributed by atoms with Crippen LogP contribution in [0.15, 0.2) is 36.4 Å². The molecule has 0 saturated carbocycles. The van der Waals surface area contributed by atoms with E-state index >= 15 is 4.39 Å². The molecule has 4 rings (SSSR count). The van der Waals surface area contributed by atoms with Crippen molar-refractivity contribution in [2.75, 3.05) is 13.2 Å². The second-order valence-electron chi connectivity index (χ2n) is 7.43. The standard InChI is InChI=1S/C22H20F5N2O/c1-3-30-17-9-8-15(23)18(19(17)24)21-20-14(13-6-4-5-7-16(13)28-20)10-12(2)29(21)11-22(25,26)27/h4-9,12,21,28H,1,3,10-11H2,2H3/t12-,21-/m1/s1. The first-order chi connectivity index (χ1) is 14.2. The maximum absolute atomic E-state index is 15.3. The molecule has 8 heteroatoms. The molecule has 0 amide bonds. The van der Waals surface area contributed by atoms with E-state index in [0.717, 1.165) is 28.0 Å². The topological polar surface area (TPSA) is 28.3 Å². The highest BCUT2D eigenvalue weighted by molar-refractivity contribution is 5.85. The van der Waals surface area contributed by atoms with E-state index in [9.17, 15) is 17.6 Å². The first-order valence-corrected chi connectivity index (χ1v) is 9.53. The smallest absolute Gasteiger partial charge is 0.401 e. The molecule has 1 aliphatic heterocycles. The molecule has 0 aliphatic carbocycles. The minimum atomic E-state index is -4.54. The number of nitrogens with zero attached hydrogens (tertiary/aromatic N) is 1. The number of alkyl halides is 3. The molecule has 1 aromatic heterocycles. The number of H-pyrrole nitrogens is 1. The van der Waals surface area contributed by atoms with Crippen molar-refractivity contribution in [1.29, 1.82) is 0 Å². The van der Waals surface area contributed by atoms with Crippen molar-refractivity contribution in [3.8, 4) is 5.75 Å². The summed E-state index contributed by atoms with van der Waals surface area (Å²) < 4.78 is 75.5. The van der Waals surface area contributed by atoms with E-state index < -0.39 is 42.0 Å². The predicted octanol–water partition coefficient (Wildman–Crippen LogP) is 5.56. The van der Waals surface area contributed by atoms with Gasteiger partial charge in [0.2, 0.25) is 0 Å². The third-order valence-corrected chi connectivity index (χ3v) is 5.50. The number of aromatic nitrogens is 1. The third kappa shape index (κ3) is 3.53. The van der Waals surface area contributed by atoms with Crippen molar-refractivity contribution in [2.45, 2.75) is 31.6 Å². The Morgan fingerprint density at radius 2 is 1.90 bits per heavy atom. The summed E-state index contributed by atoms with van der Waals surface area (Å²) in [6.07, 6.45) is -4.21. The Kier molecular flexibility index (Phi) is 5.22. The van der Waals surface area contributed by atoms with Gasteiger partial charge in [0.15, 0.2) is 11.6 Å². The molecule has 1 aliphatic rings. The van der Waals surface area contributed by atoms with Crippen LogP contribution in [0.2, 0.25) is 0 Å². The zero-order valence-electron chi connectivity index (χ0n) is 16.2. The van der Waals surface area contributed by atoms with Gasteiger partial charge in [0, 0.05) is 22.6 Å². The number of hydrogen-bond donors (Lipinski definition) is 1. The van der Waals surface area contributed by atoms with E-state index in [0.29, 0.717) is 17.6 Å². The first-order valence-electron chi connectivity index (χ1n) is 9.53. The molecule has 3 nitrogen and oxygen atoms in total.